The predicted molar refractivity (Wildman–Crippen MR) is 78.5 cm³/mol. The van der Waals surface area contributed by atoms with Gasteiger partial charge in [0.1, 0.15) is 6.04 Å². The minimum Gasteiger partial charge on any atom is -0.480 e. The zero-order chi connectivity index (χ0) is 15.0. The number of carbonyl (C=O) groups is 2. The Morgan fingerprint density at radius 1 is 1.35 bits per heavy atom. The highest BCUT2D eigenvalue weighted by Crippen LogP contribution is 2.29. The molecule has 0 aliphatic heterocycles. The van der Waals surface area contributed by atoms with Crippen LogP contribution in [0.4, 0.5) is 4.79 Å². The maximum atomic E-state index is 11.6. The van der Waals surface area contributed by atoms with Crippen LogP contribution in [0.3, 0.4) is 0 Å². The number of urea groups is 1. The monoisotopic (exact) mass is 282 g/mol. The number of carbonyl (C=O) groups excluding carboxylic acids is 1. The molecular formula is C15H26N2O3. The van der Waals surface area contributed by atoms with E-state index in [0.29, 0.717) is 12.5 Å². The van der Waals surface area contributed by atoms with Gasteiger partial charge in [0, 0.05) is 6.54 Å². The number of carboxylic acid groups (broad SMARTS) is 1. The Morgan fingerprint density at radius 2 is 2.00 bits per heavy atom. The van der Waals surface area contributed by atoms with Gasteiger partial charge in [-0.1, -0.05) is 38.7 Å². The molecule has 0 saturated heterocycles. The molecule has 114 valence electrons. The molecule has 5 heteroatoms. The Kier molecular flexibility index (Phi) is 7.12. The van der Waals surface area contributed by atoms with Crippen LogP contribution in [-0.2, 0) is 4.79 Å². The SMILES string of the molecule is C=CCC(NC(=O)NCCC1CCC(C)CC1)C(=O)O. The van der Waals surface area contributed by atoms with E-state index >= 15 is 0 Å². The summed E-state index contributed by atoms with van der Waals surface area (Å²) in [5.74, 6) is 0.481. The number of hydrogen-bond donors (Lipinski definition) is 3. The highest BCUT2D eigenvalue weighted by molar-refractivity contribution is 5.82. The molecule has 1 aliphatic rings. The van der Waals surface area contributed by atoms with Gasteiger partial charge in [0.05, 0.1) is 0 Å². The van der Waals surface area contributed by atoms with Crippen molar-refractivity contribution in [1.82, 2.24) is 10.6 Å². The Morgan fingerprint density at radius 3 is 2.55 bits per heavy atom. The zero-order valence-corrected chi connectivity index (χ0v) is 12.2. The second-order valence-electron chi connectivity index (χ2n) is 5.73. The molecule has 0 heterocycles. The summed E-state index contributed by atoms with van der Waals surface area (Å²) in [7, 11) is 0. The lowest BCUT2D eigenvalue weighted by atomic mass is 9.81. The predicted octanol–water partition coefficient (Wildman–Crippen LogP) is 2.53. The van der Waals surface area contributed by atoms with Crippen LogP contribution >= 0.6 is 0 Å². The van der Waals surface area contributed by atoms with Crippen molar-refractivity contribution in [2.75, 3.05) is 6.54 Å². The molecule has 1 rings (SSSR count). The second-order valence-corrected chi connectivity index (χ2v) is 5.73. The zero-order valence-electron chi connectivity index (χ0n) is 12.2. The van der Waals surface area contributed by atoms with E-state index in [-0.39, 0.29) is 6.42 Å². The molecule has 0 aromatic rings. The number of amides is 2. The third-order valence-electron chi connectivity index (χ3n) is 3.98. The quantitative estimate of drug-likeness (QED) is 0.628. The molecule has 0 aromatic heterocycles. The van der Waals surface area contributed by atoms with Crippen molar-refractivity contribution < 1.29 is 14.7 Å². The number of nitrogens with one attached hydrogen (secondary N) is 2. The Labute approximate surface area is 120 Å². The fraction of sp³-hybridized carbons (Fsp3) is 0.733. The average molecular weight is 282 g/mol. The summed E-state index contributed by atoms with van der Waals surface area (Å²) in [6.45, 7) is 6.37. The fourth-order valence-electron chi connectivity index (χ4n) is 2.61. The average Bonchev–Trinajstić information content (AvgIpc) is 2.40. The second kappa shape index (κ2) is 8.61. The summed E-state index contributed by atoms with van der Waals surface area (Å²) >= 11 is 0. The molecule has 0 bridgehead atoms. The molecular weight excluding hydrogens is 256 g/mol. The van der Waals surface area contributed by atoms with Gasteiger partial charge in [-0.3, -0.25) is 0 Å². The third kappa shape index (κ3) is 6.08. The van der Waals surface area contributed by atoms with Crippen molar-refractivity contribution in [3.63, 3.8) is 0 Å². The molecule has 1 unspecified atom stereocenters. The molecule has 2 amide bonds. The number of aliphatic carboxylic acids is 1. The largest absolute Gasteiger partial charge is 0.480 e. The topological polar surface area (TPSA) is 78.4 Å². The molecule has 1 atom stereocenters. The Hall–Kier alpha value is -1.52. The highest BCUT2D eigenvalue weighted by Gasteiger charge is 2.20. The molecule has 1 saturated carbocycles. The minimum absolute atomic E-state index is 0.225. The van der Waals surface area contributed by atoms with Crippen molar-refractivity contribution in [2.45, 2.75) is 51.5 Å². The van der Waals surface area contributed by atoms with Gasteiger partial charge < -0.3 is 15.7 Å². The molecule has 1 fully saturated rings. The van der Waals surface area contributed by atoms with E-state index in [4.69, 9.17) is 5.11 Å². The molecule has 20 heavy (non-hydrogen) atoms. The molecule has 0 spiro atoms. The fourth-order valence-corrected chi connectivity index (χ4v) is 2.61. The highest BCUT2D eigenvalue weighted by atomic mass is 16.4. The van der Waals surface area contributed by atoms with Gasteiger partial charge in [-0.15, -0.1) is 6.58 Å². The first-order valence-electron chi connectivity index (χ1n) is 7.41. The molecule has 0 aromatic carbocycles. The van der Waals surface area contributed by atoms with Gasteiger partial charge in [-0.2, -0.15) is 0 Å². The van der Waals surface area contributed by atoms with E-state index in [0.717, 1.165) is 12.3 Å². The van der Waals surface area contributed by atoms with Crippen LogP contribution in [0.15, 0.2) is 12.7 Å². The standard InChI is InChI=1S/C15H26N2O3/c1-3-4-13(14(18)19)17-15(20)16-10-9-12-7-5-11(2)6-8-12/h3,11-13H,1,4-10H2,2H3,(H,18,19)(H2,16,17,20). The van der Waals surface area contributed by atoms with Crippen LogP contribution in [0.2, 0.25) is 0 Å². The summed E-state index contributed by atoms with van der Waals surface area (Å²) in [6.07, 6.45) is 7.71. The van der Waals surface area contributed by atoms with Gasteiger partial charge in [0.2, 0.25) is 0 Å². The minimum atomic E-state index is -1.04. The van der Waals surface area contributed by atoms with Crippen molar-refractivity contribution in [1.29, 1.82) is 0 Å². The van der Waals surface area contributed by atoms with Gasteiger partial charge in [0.25, 0.3) is 0 Å². The molecule has 5 nitrogen and oxygen atoms in total. The van der Waals surface area contributed by atoms with Crippen LogP contribution in [0.5, 0.6) is 0 Å². The van der Waals surface area contributed by atoms with Gasteiger partial charge in [-0.05, 0) is 24.7 Å². The maximum absolute atomic E-state index is 11.6. The van der Waals surface area contributed by atoms with Gasteiger partial charge in [-0.25, -0.2) is 9.59 Å². The summed E-state index contributed by atoms with van der Waals surface area (Å²) < 4.78 is 0. The summed E-state index contributed by atoms with van der Waals surface area (Å²) in [5, 5.41) is 14.1. The van der Waals surface area contributed by atoms with Crippen LogP contribution in [0, 0.1) is 11.8 Å². The number of hydrogen-bond acceptors (Lipinski definition) is 2. The van der Waals surface area contributed by atoms with Crippen molar-refractivity contribution >= 4 is 12.0 Å². The first-order chi connectivity index (χ1) is 9.52. The maximum Gasteiger partial charge on any atom is 0.326 e. The van der Waals surface area contributed by atoms with Crippen LogP contribution < -0.4 is 10.6 Å². The summed E-state index contributed by atoms with van der Waals surface area (Å²) in [4.78, 5) is 22.5. The van der Waals surface area contributed by atoms with E-state index in [1.54, 1.807) is 0 Å². The molecule has 1 aliphatic carbocycles. The smallest absolute Gasteiger partial charge is 0.326 e. The van der Waals surface area contributed by atoms with Crippen LogP contribution in [0.1, 0.15) is 45.4 Å². The van der Waals surface area contributed by atoms with E-state index < -0.39 is 18.0 Å². The Bertz CT molecular complexity index is 336. The lowest BCUT2D eigenvalue weighted by molar-refractivity contribution is -0.139. The molecule has 0 radical (unpaired) electrons. The Balaban J connectivity index is 2.19. The van der Waals surface area contributed by atoms with E-state index in [9.17, 15) is 9.59 Å². The van der Waals surface area contributed by atoms with Gasteiger partial charge in [0.15, 0.2) is 0 Å². The first-order valence-corrected chi connectivity index (χ1v) is 7.41. The number of rotatable bonds is 7. The van der Waals surface area contributed by atoms with E-state index in [1.165, 1.54) is 31.8 Å². The van der Waals surface area contributed by atoms with Crippen molar-refractivity contribution in [3.05, 3.63) is 12.7 Å². The van der Waals surface area contributed by atoms with E-state index in [2.05, 4.69) is 24.1 Å². The van der Waals surface area contributed by atoms with E-state index in [1.807, 2.05) is 0 Å². The van der Waals surface area contributed by atoms with Gasteiger partial charge >= 0.3 is 12.0 Å². The van der Waals surface area contributed by atoms with Crippen LogP contribution in [0.25, 0.3) is 0 Å². The van der Waals surface area contributed by atoms with Crippen molar-refractivity contribution in [3.8, 4) is 0 Å². The lowest BCUT2D eigenvalue weighted by Crippen LogP contribution is -2.46. The summed E-state index contributed by atoms with van der Waals surface area (Å²) in [5.41, 5.74) is 0. The third-order valence-corrected chi connectivity index (χ3v) is 3.98. The number of carboxylic acids is 1. The molecule has 3 N–H and O–H groups in total. The first kappa shape index (κ1) is 16.5. The normalized spacial score (nSPS) is 23.6. The van der Waals surface area contributed by atoms with Crippen molar-refractivity contribution in [2.24, 2.45) is 11.8 Å². The van der Waals surface area contributed by atoms with Crippen LogP contribution in [-0.4, -0.2) is 29.7 Å². The lowest BCUT2D eigenvalue weighted by Gasteiger charge is -2.26. The summed E-state index contributed by atoms with van der Waals surface area (Å²) in [6, 6.07) is -1.31.